The number of hydrogen-bond acceptors (Lipinski definition) is 5. The molecule has 158 valence electrons. The Labute approximate surface area is 185 Å². The number of aromatic nitrogens is 3. The number of aromatic amines is 1. The SMILES string of the molecule is CC1CC(C)CN(Cc2ccc3cc(-c4csc(-c5ccncc5)n4)c(=O)[nH]c3c2)C1. The molecule has 0 amide bonds. The summed E-state index contributed by atoms with van der Waals surface area (Å²) in [5.74, 6) is 1.48. The molecule has 1 N–H and O–H groups in total. The number of hydrogen-bond donors (Lipinski definition) is 1. The maximum Gasteiger partial charge on any atom is 0.257 e. The van der Waals surface area contributed by atoms with Gasteiger partial charge in [-0.2, -0.15) is 0 Å². The Hall–Kier alpha value is -2.83. The molecule has 5 rings (SSSR count). The Balaban J connectivity index is 1.42. The molecule has 0 aliphatic carbocycles. The van der Waals surface area contributed by atoms with Crippen molar-refractivity contribution in [2.75, 3.05) is 13.1 Å². The Bertz CT molecular complexity index is 1250. The second-order valence-electron chi connectivity index (χ2n) is 8.85. The van der Waals surface area contributed by atoms with E-state index in [1.165, 1.54) is 23.3 Å². The van der Waals surface area contributed by atoms with E-state index >= 15 is 0 Å². The number of rotatable bonds is 4. The molecule has 0 bridgehead atoms. The van der Waals surface area contributed by atoms with Gasteiger partial charge in [-0.15, -0.1) is 11.3 Å². The van der Waals surface area contributed by atoms with E-state index in [0.29, 0.717) is 11.3 Å². The van der Waals surface area contributed by atoms with E-state index in [0.717, 1.165) is 52.9 Å². The molecular weight excluding hydrogens is 404 g/mol. The summed E-state index contributed by atoms with van der Waals surface area (Å²) in [5.41, 5.74) is 4.35. The highest BCUT2D eigenvalue weighted by Gasteiger charge is 2.21. The predicted octanol–water partition coefficient (Wildman–Crippen LogP) is 5.19. The summed E-state index contributed by atoms with van der Waals surface area (Å²) in [6.45, 7) is 7.87. The minimum atomic E-state index is -0.101. The van der Waals surface area contributed by atoms with Gasteiger partial charge < -0.3 is 4.98 Å². The summed E-state index contributed by atoms with van der Waals surface area (Å²) in [4.78, 5) is 27.2. The van der Waals surface area contributed by atoms with E-state index < -0.39 is 0 Å². The quantitative estimate of drug-likeness (QED) is 0.484. The zero-order valence-corrected chi connectivity index (χ0v) is 18.7. The van der Waals surface area contributed by atoms with Gasteiger partial charge in [-0.1, -0.05) is 26.0 Å². The van der Waals surface area contributed by atoms with Gasteiger partial charge in [0.1, 0.15) is 5.01 Å². The lowest BCUT2D eigenvalue weighted by Crippen LogP contribution is -2.38. The highest BCUT2D eigenvalue weighted by molar-refractivity contribution is 7.13. The molecule has 2 unspecified atom stereocenters. The molecule has 1 saturated heterocycles. The van der Waals surface area contributed by atoms with Crippen LogP contribution in [0.4, 0.5) is 0 Å². The first kappa shape index (κ1) is 20.1. The number of piperidine rings is 1. The summed E-state index contributed by atoms with van der Waals surface area (Å²) >= 11 is 1.54. The lowest BCUT2D eigenvalue weighted by atomic mass is 9.91. The Morgan fingerprint density at radius 2 is 1.87 bits per heavy atom. The minimum Gasteiger partial charge on any atom is -0.321 e. The molecule has 6 heteroatoms. The van der Waals surface area contributed by atoms with Gasteiger partial charge in [-0.25, -0.2) is 4.98 Å². The highest BCUT2D eigenvalue weighted by Crippen LogP contribution is 2.28. The lowest BCUT2D eigenvalue weighted by molar-refractivity contribution is 0.134. The third-order valence-corrected chi connectivity index (χ3v) is 6.86. The van der Waals surface area contributed by atoms with Crippen LogP contribution in [0.1, 0.15) is 25.8 Å². The van der Waals surface area contributed by atoms with Crippen LogP contribution in [0.5, 0.6) is 0 Å². The zero-order valence-electron chi connectivity index (χ0n) is 17.8. The van der Waals surface area contributed by atoms with E-state index in [2.05, 4.69) is 46.9 Å². The fourth-order valence-electron chi connectivity index (χ4n) is 4.74. The molecule has 5 nitrogen and oxygen atoms in total. The summed E-state index contributed by atoms with van der Waals surface area (Å²) in [6.07, 6.45) is 4.81. The van der Waals surface area contributed by atoms with Gasteiger partial charge >= 0.3 is 0 Å². The van der Waals surface area contributed by atoms with Crippen LogP contribution in [0.2, 0.25) is 0 Å². The van der Waals surface area contributed by atoms with Crippen LogP contribution in [0.25, 0.3) is 32.7 Å². The van der Waals surface area contributed by atoms with E-state index in [1.807, 2.05) is 23.6 Å². The fourth-order valence-corrected chi connectivity index (χ4v) is 5.57. The number of likely N-dealkylation sites (tertiary alicyclic amines) is 1. The largest absolute Gasteiger partial charge is 0.321 e. The highest BCUT2D eigenvalue weighted by atomic mass is 32.1. The van der Waals surface area contributed by atoms with Crippen LogP contribution in [-0.4, -0.2) is 32.9 Å². The number of fused-ring (bicyclic) bond motifs is 1. The van der Waals surface area contributed by atoms with Gasteiger partial charge in [0.05, 0.1) is 11.3 Å². The molecule has 4 aromatic rings. The summed E-state index contributed by atoms with van der Waals surface area (Å²) in [7, 11) is 0. The standard InChI is InChI=1S/C25H26N4OS/c1-16-9-17(2)13-29(12-16)14-18-3-4-20-11-21(24(30)27-22(20)10-18)23-15-31-25(28-23)19-5-7-26-8-6-19/h3-8,10-11,15-17H,9,12-14H2,1-2H3,(H,27,30). The van der Waals surface area contributed by atoms with Crippen LogP contribution >= 0.6 is 11.3 Å². The van der Waals surface area contributed by atoms with Crippen LogP contribution in [0.15, 0.2) is 59.0 Å². The molecule has 0 spiro atoms. The number of pyridine rings is 2. The van der Waals surface area contributed by atoms with Crippen molar-refractivity contribution in [3.63, 3.8) is 0 Å². The topological polar surface area (TPSA) is 61.9 Å². The van der Waals surface area contributed by atoms with Gasteiger partial charge in [0.15, 0.2) is 0 Å². The summed E-state index contributed by atoms with van der Waals surface area (Å²) in [6, 6.07) is 12.2. The summed E-state index contributed by atoms with van der Waals surface area (Å²) in [5, 5.41) is 3.86. The maximum absolute atomic E-state index is 12.9. The molecule has 4 heterocycles. The Morgan fingerprint density at radius 1 is 1.10 bits per heavy atom. The fraction of sp³-hybridized carbons (Fsp3) is 0.320. The average Bonchev–Trinajstić information content (AvgIpc) is 3.23. The number of H-pyrrole nitrogens is 1. The monoisotopic (exact) mass is 430 g/mol. The van der Waals surface area contributed by atoms with Gasteiger partial charge in [0.25, 0.3) is 5.56 Å². The van der Waals surface area contributed by atoms with Gasteiger partial charge in [0, 0.05) is 48.5 Å². The van der Waals surface area contributed by atoms with Crippen molar-refractivity contribution >= 4 is 22.2 Å². The van der Waals surface area contributed by atoms with Gasteiger partial charge in [-0.05, 0) is 53.5 Å². The first-order valence-electron chi connectivity index (χ1n) is 10.8. The molecule has 0 radical (unpaired) electrons. The van der Waals surface area contributed by atoms with E-state index in [-0.39, 0.29) is 5.56 Å². The molecule has 1 aliphatic heterocycles. The van der Waals surface area contributed by atoms with Crippen LogP contribution in [0, 0.1) is 11.8 Å². The van der Waals surface area contributed by atoms with E-state index in [9.17, 15) is 4.79 Å². The Morgan fingerprint density at radius 3 is 2.65 bits per heavy atom. The van der Waals surface area contributed by atoms with Gasteiger partial charge in [-0.3, -0.25) is 14.7 Å². The molecule has 1 fully saturated rings. The average molecular weight is 431 g/mol. The second-order valence-corrected chi connectivity index (χ2v) is 9.71. The van der Waals surface area contributed by atoms with Crippen LogP contribution < -0.4 is 5.56 Å². The predicted molar refractivity (Wildman–Crippen MR) is 127 cm³/mol. The van der Waals surface area contributed by atoms with Crippen molar-refractivity contribution in [1.82, 2.24) is 19.9 Å². The molecule has 2 atom stereocenters. The third-order valence-electron chi connectivity index (χ3n) is 5.97. The van der Waals surface area contributed by atoms with Crippen molar-refractivity contribution in [2.45, 2.75) is 26.8 Å². The molecule has 1 aliphatic rings. The van der Waals surface area contributed by atoms with Crippen LogP contribution in [-0.2, 0) is 6.54 Å². The zero-order chi connectivity index (χ0) is 21.4. The van der Waals surface area contributed by atoms with Crippen molar-refractivity contribution in [2.24, 2.45) is 11.8 Å². The summed E-state index contributed by atoms with van der Waals surface area (Å²) < 4.78 is 0. The number of nitrogens with one attached hydrogen (secondary N) is 1. The van der Waals surface area contributed by atoms with Crippen molar-refractivity contribution in [3.05, 3.63) is 70.1 Å². The Kier molecular flexibility index (Phi) is 5.42. The number of nitrogens with zero attached hydrogens (tertiary/aromatic N) is 3. The first-order valence-corrected chi connectivity index (χ1v) is 11.7. The smallest absolute Gasteiger partial charge is 0.257 e. The number of thiazole rings is 1. The van der Waals surface area contributed by atoms with Crippen molar-refractivity contribution in [1.29, 1.82) is 0 Å². The molecule has 1 aromatic carbocycles. The minimum absolute atomic E-state index is 0.101. The second kappa shape index (κ2) is 8.36. The molecular formula is C25H26N4OS. The van der Waals surface area contributed by atoms with Crippen LogP contribution in [0.3, 0.4) is 0 Å². The third kappa shape index (κ3) is 4.31. The van der Waals surface area contributed by atoms with Crippen molar-refractivity contribution < 1.29 is 0 Å². The normalized spacial score (nSPS) is 19.7. The molecule has 0 saturated carbocycles. The first-order chi connectivity index (χ1) is 15.0. The lowest BCUT2D eigenvalue weighted by Gasteiger charge is -2.35. The molecule has 3 aromatic heterocycles. The molecule has 31 heavy (non-hydrogen) atoms. The number of benzene rings is 1. The van der Waals surface area contributed by atoms with Gasteiger partial charge in [0.2, 0.25) is 0 Å². The van der Waals surface area contributed by atoms with E-state index in [1.54, 1.807) is 12.4 Å². The van der Waals surface area contributed by atoms with E-state index in [4.69, 9.17) is 4.98 Å². The maximum atomic E-state index is 12.9. The van der Waals surface area contributed by atoms with Crippen molar-refractivity contribution in [3.8, 4) is 21.8 Å².